The van der Waals surface area contributed by atoms with E-state index < -0.39 is 40.6 Å². The van der Waals surface area contributed by atoms with Crippen molar-refractivity contribution in [1.29, 1.82) is 0 Å². The van der Waals surface area contributed by atoms with Gasteiger partial charge in [0, 0.05) is 5.69 Å². The smallest absolute Gasteiger partial charge is 0.259 e. The van der Waals surface area contributed by atoms with Gasteiger partial charge in [0.2, 0.25) is 5.82 Å². The van der Waals surface area contributed by atoms with Gasteiger partial charge in [-0.25, -0.2) is 27.4 Å². The van der Waals surface area contributed by atoms with Gasteiger partial charge in [-0.1, -0.05) is 0 Å². The molecule has 0 heterocycles. The molecule has 0 spiro atoms. The van der Waals surface area contributed by atoms with Gasteiger partial charge in [0.05, 0.1) is 25.4 Å². The van der Waals surface area contributed by atoms with E-state index in [0.717, 1.165) is 0 Å². The van der Waals surface area contributed by atoms with Crippen molar-refractivity contribution >= 4 is 17.8 Å². The van der Waals surface area contributed by atoms with Gasteiger partial charge in [0.25, 0.3) is 5.91 Å². The van der Waals surface area contributed by atoms with E-state index in [9.17, 15) is 26.7 Å². The van der Waals surface area contributed by atoms with Crippen LogP contribution in [0.3, 0.4) is 0 Å². The third-order valence-electron chi connectivity index (χ3n) is 3.17. The Morgan fingerprint density at radius 3 is 2.08 bits per heavy atom. The molecule has 2 aromatic carbocycles. The summed E-state index contributed by atoms with van der Waals surface area (Å²) in [4.78, 5) is 11.6. The molecule has 0 aromatic heterocycles. The van der Waals surface area contributed by atoms with Crippen molar-refractivity contribution in [3.63, 3.8) is 0 Å². The molecule has 10 heteroatoms. The zero-order valence-electron chi connectivity index (χ0n) is 13.2. The summed E-state index contributed by atoms with van der Waals surface area (Å²) in [5.74, 6) is -10.7. The van der Waals surface area contributed by atoms with Gasteiger partial charge >= 0.3 is 0 Å². The van der Waals surface area contributed by atoms with Crippen LogP contribution in [0.4, 0.5) is 27.6 Å². The predicted octanol–water partition coefficient (Wildman–Crippen LogP) is 2.95. The highest BCUT2D eigenvalue weighted by Gasteiger charge is 2.24. The lowest BCUT2D eigenvalue weighted by Gasteiger charge is -2.06. The summed E-state index contributed by atoms with van der Waals surface area (Å²) in [5.41, 5.74) is 1.23. The van der Waals surface area contributed by atoms with Crippen LogP contribution in [0, 0.1) is 29.1 Å². The Morgan fingerprint density at radius 2 is 1.54 bits per heavy atom. The van der Waals surface area contributed by atoms with Gasteiger partial charge < -0.3 is 10.1 Å². The molecule has 0 atom stereocenters. The molecule has 0 aliphatic rings. The first-order valence-electron chi connectivity index (χ1n) is 7.06. The minimum absolute atomic E-state index is 0.249. The lowest BCUT2D eigenvalue weighted by Crippen LogP contribution is -2.26. The molecule has 2 rings (SSSR count). The van der Waals surface area contributed by atoms with E-state index >= 15 is 0 Å². The zero-order valence-corrected chi connectivity index (χ0v) is 13.2. The number of nitrogens with zero attached hydrogens (tertiary/aromatic N) is 1. The van der Waals surface area contributed by atoms with Crippen molar-refractivity contribution in [3.05, 3.63) is 58.9 Å². The van der Waals surface area contributed by atoms with Crippen LogP contribution in [-0.4, -0.2) is 25.8 Å². The number of hydrogen-bond acceptors (Lipinski definition) is 4. The van der Waals surface area contributed by atoms with Gasteiger partial charge in [0.15, 0.2) is 23.3 Å². The molecule has 0 saturated carbocycles. The number of amides is 1. The Hall–Kier alpha value is -3.17. The number of methoxy groups -OCH3 is 1. The fourth-order valence-electron chi connectivity index (χ4n) is 1.83. The van der Waals surface area contributed by atoms with Gasteiger partial charge in [-0.3, -0.25) is 4.79 Å². The summed E-state index contributed by atoms with van der Waals surface area (Å²) in [6.07, 6.45) is 0.335. The highest BCUT2D eigenvalue weighted by molar-refractivity contribution is 5.84. The van der Waals surface area contributed by atoms with Crippen LogP contribution < -0.4 is 15.5 Å². The monoisotopic (exact) mass is 373 g/mol. The molecule has 0 bridgehead atoms. The number of benzene rings is 2. The van der Waals surface area contributed by atoms with Crippen LogP contribution in [0.5, 0.6) is 5.75 Å². The second-order valence-electron chi connectivity index (χ2n) is 4.86. The second kappa shape index (κ2) is 8.28. The fourth-order valence-corrected chi connectivity index (χ4v) is 1.83. The highest BCUT2D eigenvalue weighted by Crippen LogP contribution is 2.21. The molecule has 138 valence electrons. The SMILES string of the molecule is COc1ccc(NCC(=O)N/N=C\c2c(F)c(F)c(F)c(F)c2F)cc1. The first kappa shape index (κ1) is 19.2. The molecule has 0 unspecified atom stereocenters. The number of hydrogen-bond donors (Lipinski definition) is 2. The molecular formula is C16H12F5N3O2. The summed E-state index contributed by atoms with van der Waals surface area (Å²) in [5, 5.41) is 5.93. The molecule has 1 amide bonds. The molecule has 0 radical (unpaired) electrons. The molecule has 0 aliphatic heterocycles. The molecule has 5 nitrogen and oxygen atoms in total. The largest absolute Gasteiger partial charge is 0.497 e. The topological polar surface area (TPSA) is 62.7 Å². The zero-order chi connectivity index (χ0) is 19.3. The van der Waals surface area contributed by atoms with Gasteiger partial charge in [-0.15, -0.1) is 0 Å². The van der Waals surface area contributed by atoms with Crippen molar-refractivity contribution in [2.24, 2.45) is 5.10 Å². The standard InChI is InChI=1S/C16H12F5N3O2/c1-26-9-4-2-8(3-5-9)22-7-11(25)24-23-6-10-12(17)14(19)16(21)15(20)13(10)18/h2-6,22H,7H2,1H3,(H,24,25)/b23-6-. The third kappa shape index (κ3) is 4.26. The number of rotatable bonds is 6. The maximum absolute atomic E-state index is 13.4. The van der Waals surface area contributed by atoms with Crippen molar-refractivity contribution in [1.82, 2.24) is 5.43 Å². The summed E-state index contributed by atoms with van der Waals surface area (Å²) >= 11 is 0. The van der Waals surface area contributed by atoms with Crippen molar-refractivity contribution in [2.45, 2.75) is 0 Å². The molecule has 2 N–H and O–H groups in total. The van der Waals surface area contributed by atoms with E-state index in [4.69, 9.17) is 4.74 Å². The van der Waals surface area contributed by atoms with E-state index in [0.29, 0.717) is 17.7 Å². The molecule has 26 heavy (non-hydrogen) atoms. The Kier molecular flexibility index (Phi) is 6.10. The Bertz CT molecular complexity index is 812. The molecule has 0 saturated heterocycles. The fraction of sp³-hybridized carbons (Fsp3) is 0.125. The molecule has 0 aliphatic carbocycles. The van der Waals surface area contributed by atoms with E-state index in [2.05, 4.69) is 10.4 Å². The molecule has 2 aromatic rings. The van der Waals surface area contributed by atoms with Crippen molar-refractivity contribution in [2.75, 3.05) is 19.0 Å². The maximum atomic E-state index is 13.4. The summed E-state index contributed by atoms with van der Waals surface area (Å²) in [6.45, 7) is -0.249. The minimum Gasteiger partial charge on any atom is -0.497 e. The maximum Gasteiger partial charge on any atom is 0.259 e. The Balaban J connectivity index is 1.97. The van der Waals surface area contributed by atoms with Crippen molar-refractivity contribution in [3.8, 4) is 5.75 Å². The Labute approximate surface area is 144 Å². The number of nitrogens with one attached hydrogen (secondary N) is 2. The number of hydrazone groups is 1. The van der Waals surface area contributed by atoms with E-state index in [-0.39, 0.29) is 6.54 Å². The number of halogens is 5. The summed E-state index contributed by atoms with van der Waals surface area (Å²) in [6, 6.07) is 6.59. The van der Waals surface area contributed by atoms with E-state index in [1.54, 1.807) is 24.3 Å². The quantitative estimate of drug-likeness (QED) is 0.269. The van der Waals surface area contributed by atoms with E-state index in [1.165, 1.54) is 7.11 Å². The average Bonchev–Trinajstić information content (AvgIpc) is 2.66. The van der Waals surface area contributed by atoms with Crippen LogP contribution in [-0.2, 0) is 4.79 Å². The molecular weight excluding hydrogens is 361 g/mol. The minimum atomic E-state index is -2.27. The summed E-state index contributed by atoms with van der Waals surface area (Å²) < 4.78 is 70.7. The van der Waals surface area contributed by atoms with Crippen LogP contribution in [0.2, 0.25) is 0 Å². The first-order chi connectivity index (χ1) is 12.3. The third-order valence-corrected chi connectivity index (χ3v) is 3.17. The summed E-state index contributed by atoms with van der Waals surface area (Å²) in [7, 11) is 1.50. The van der Waals surface area contributed by atoms with Crippen LogP contribution >= 0.6 is 0 Å². The first-order valence-corrected chi connectivity index (χ1v) is 7.06. The number of ether oxygens (including phenoxy) is 1. The van der Waals surface area contributed by atoms with E-state index in [1.807, 2.05) is 5.43 Å². The number of carbonyl (C=O) groups excluding carboxylic acids is 1. The van der Waals surface area contributed by atoms with Crippen LogP contribution in [0.1, 0.15) is 5.56 Å². The normalized spacial score (nSPS) is 10.8. The average molecular weight is 373 g/mol. The van der Waals surface area contributed by atoms with Crippen LogP contribution in [0.15, 0.2) is 29.4 Å². The number of carbonyl (C=O) groups is 1. The second-order valence-corrected chi connectivity index (χ2v) is 4.86. The number of anilines is 1. The highest BCUT2D eigenvalue weighted by atomic mass is 19.2. The van der Waals surface area contributed by atoms with Crippen LogP contribution in [0.25, 0.3) is 0 Å². The predicted molar refractivity (Wildman–Crippen MR) is 83.5 cm³/mol. The van der Waals surface area contributed by atoms with Gasteiger partial charge in [0.1, 0.15) is 5.75 Å². The lowest BCUT2D eigenvalue weighted by atomic mass is 10.2. The molecule has 0 fully saturated rings. The Morgan fingerprint density at radius 1 is 1.00 bits per heavy atom. The van der Waals surface area contributed by atoms with Gasteiger partial charge in [-0.2, -0.15) is 5.10 Å². The van der Waals surface area contributed by atoms with Gasteiger partial charge in [-0.05, 0) is 24.3 Å². The lowest BCUT2D eigenvalue weighted by molar-refractivity contribution is -0.119. The van der Waals surface area contributed by atoms with Crippen molar-refractivity contribution < 1.29 is 31.5 Å².